The zero-order chi connectivity index (χ0) is 13.9. The molecule has 1 saturated carbocycles. The zero-order valence-corrected chi connectivity index (χ0v) is 12.2. The van der Waals surface area contributed by atoms with Crippen LogP contribution >= 0.6 is 12.2 Å². The molecule has 0 aliphatic heterocycles. The standard InChI is InChI=1S/C12H17N3O2S2/c13-12(18)9-15(10-4-1-2-5-10)19(16,17)11-6-3-7-14-8-11/h3,6-8,10H,1-2,4-5,9H2,(H2,13,18). The Hall–Kier alpha value is -1.05. The maximum atomic E-state index is 12.6. The Morgan fingerprint density at radius 2 is 2.16 bits per heavy atom. The Morgan fingerprint density at radius 3 is 2.68 bits per heavy atom. The Morgan fingerprint density at radius 1 is 1.47 bits per heavy atom. The molecule has 0 bridgehead atoms. The van der Waals surface area contributed by atoms with Crippen molar-refractivity contribution in [2.45, 2.75) is 36.6 Å². The molecule has 1 fully saturated rings. The van der Waals surface area contributed by atoms with Gasteiger partial charge in [0.05, 0.1) is 11.5 Å². The molecule has 19 heavy (non-hydrogen) atoms. The van der Waals surface area contributed by atoms with Crippen molar-refractivity contribution >= 4 is 27.2 Å². The lowest BCUT2D eigenvalue weighted by molar-refractivity contribution is 0.355. The van der Waals surface area contributed by atoms with Gasteiger partial charge in [-0.15, -0.1) is 0 Å². The van der Waals surface area contributed by atoms with Gasteiger partial charge in [0.2, 0.25) is 10.0 Å². The van der Waals surface area contributed by atoms with E-state index in [1.807, 2.05) is 0 Å². The molecule has 1 aliphatic carbocycles. The van der Waals surface area contributed by atoms with E-state index >= 15 is 0 Å². The number of thiocarbonyl (C=S) groups is 1. The van der Waals surface area contributed by atoms with Crippen LogP contribution in [-0.4, -0.2) is 35.3 Å². The predicted molar refractivity (Wildman–Crippen MR) is 77.2 cm³/mol. The maximum Gasteiger partial charge on any atom is 0.245 e. The average Bonchev–Trinajstić information content (AvgIpc) is 2.90. The third-order valence-electron chi connectivity index (χ3n) is 3.28. The molecule has 5 nitrogen and oxygen atoms in total. The highest BCUT2D eigenvalue weighted by Crippen LogP contribution is 2.28. The molecule has 1 aromatic heterocycles. The molecule has 104 valence electrons. The van der Waals surface area contributed by atoms with Crippen LogP contribution in [0, 0.1) is 0 Å². The monoisotopic (exact) mass is 299 g/mol. The van der Waals surface area contributed by atoms with Crippen molar-refractivity contribution in [1.29, 1.82) is 0 Å². The van der Waals surface area contributed by atoms with E-state index in [0.717, 1.165) is 25.7 Å². The van der Waals surface area contributed by atoms with Crippen LogP contribution in [0.2, 0.25) is 0 Å². The van der Waals surface area contributed by atoms with Crippen LogP contribution in [0.15, 0.2) is 29.4 Å². The quantitative estimate of drug-likeness (QED) is 0.829. The van der Waals surface area contributed by atoms with Crippen LogP contribution in [0.4, 0.5) is 0 Å². The molecule has 1 aromatic rings. The van der Waals surface area contributed by atoms with Gasteiger partial charge in [-0.3, -0.25) is 4.98 Å². The highest BCUT2D eigenvalue weighted by Gasteiger charge is 2.33. The minimum absolute atomic E-state index is 0.00768. The summed E-state index contributed by atoms with van der Waals surface area (Å²) in [6, 6.07) is 3.15. The second-order valence-corrected chi connectivity index (χ2v) is 7.06. The van der Waals surface area contributed by atoms with Crippen LogP contribution in [0.1, 0.15) is 25.7 Å². The molecule has 2 rings (SSSR count). The first kappa shape index (κ1) is 14.4. The Kier molecular flexibility index (Phi) is 4.49. The largest absolute Gasteiger partial charge is 0.392 e. The topological polar surface area (TPSA) is 76.3 Å². The van der Waals surface area contributed by atoms with E-state index in [1.165, 1.54) is 10.5 Å². The Balaban J connectivity index is 2.34. The van der Waals surface area contributed by atoms with Crippen molar-refractivity contribution in [3.8, 4) is 0 Å². The van der Waals surface area contributed by atoms with Gasteiger partial charge in [0.1, 0.15) is 4.90 Å². The summed E-state index contributed by atoms with van der Waals surface area (Å²) in [5, 5.41) is 0. The van der Waals surface area contributed by atoms with Crippen molar-refractivity contribution in [2.75, 3.05) is 6.54 Å². The van der Waals surface area contributed by atoms with Crippen molar-refractivity contribution < 1.29 is 8.42 Å². The molecule has 0 saturated heterocycles. The van der Waals surface area contributed by atoms with E-state index in [9.17, 15) is 8.42 Å². The van der Waals surface area contributed by atoms with Crippen molar-refractivity contribution in [1.82, 2.24) is 9.29 Å². The number of rotatable bonds is 5. The smallest absolute Gasteiger partial charge is 0.245 e. The van der Waals surface area contributed by atoms with E-state index < -0.39 is 10.0 Å². The summed E-state index contributed by atoms with van der Waals surface area (Å²) in [5.74, 6) is 0. The van der Waals surface area contributed by atoms with Gasteiger partial charge in [0.15, 0.2) is 0 Å². The summed E-state index contributed by atoms with van der Waals surface area (Å²) < 4.78 is 26.7. The molecule has 7 heteroatoms. The lowest BCUT2D eigenvalue weighted by Crippen LogP contribution is -2.43. The van der Waals surface area contributed by atoms with E-state index in [1.54, 1.807) is 18.3 Å². The summed E-state index contributed by atoms with van der Waals surface area (Å²) in [5.41, 5.74) is 5.55. The molecule has 1 aliphatic rings. The fourth-order valence-electron chi connectivity index (χ4n) is 2.39. The van der Waals surface area contributed by atoms with E-state index in [0.29, 0.717) is 0 Å². The predicted octanol–water partition coefficient (Wildman–Crippen LogP) is 1.30. The molecule has 0 atom stereocenters. The molecule has 1 heterocycles. The van der Waals surface area contributed by atoms with E-state index in [-0.39, 0.29) is 22.5 Å². The second kappa shape index (κ2) is 5.94. The van der Waals surface area contributed by atoms with E-state index in [4.69, 9.17) is 18.0 Å². The third kappa shape index (κ3) is 3.29. The number of nitrogens with two attached hydrogens (primary N) is 1. The van der Waals surface area contributed by atoms with Gasteiger partial charge in [-0.25, -0.2) is 8.42 Å². The third-order valence-corrected chi connectivity index (χ3v) is 5.30. The number of nitrogens with zero attached hydrogens (tertiary/aromatic N) is 2. The first-order chi connectivity index (χ1) is 9.01. The fraction of sp³-hybridized carbons (Fsp3) is 0.500. The van der Waals surface area contributed by atoms with Crippen molar-refractivity contribution in [2.24, 2.45) is 5.73 Å². The number of pyridine rings is 1. The number of aromatic nitrogens is 1. The summed E-state index contributed by atoms with van der Waals surface area (Å²) in [6.07, 6.45) is 6.72. The van der Waals surface area contributed by atoms with Gasteiger partial charge < -0.3 is 5.73 Å². The van der Waals surface area contributed by atoms with Crippen LogP contribution in [0.5, 0.6) is 0 Å². The average molecular weight is 299 g/mol. The van der Waals surface area contributed by atoms with Gasteiger partial charge in [-0.1, -0.05) is 25.1 Å². The van der Waals surface area contributed by atoms with Crippen LogP contribution < -0.4 is 5.73 Å². The maximum absolute atomic E-state index is 12.6. The lowest BCUT2D eigenvalue weighted by Gasteiger charge is -2.27. The Labute approximate surface area is 118 Å². The first-order valence-corrected chi connectivity index (χ1v) is 8.07. The summed E-state index contributed by atoms with van der Waals surface area (Å²) in [6.45, 7) is 0.0945. The first-order valence-electron chi connectivity index (χ1n) is 6.22. The highest BCUT2D eigenvalue weighted by molar-refractivity contribution is 7.89. The molecule has 0 amide bonds. The highest BCUT2D eigenvalue weighted by atomic mass is 32.2. The van der Waals surface area contributed by atoms with Crippen LogP contribution in [0.3, 0.4) is 0 Å². The minimum Gasteiger partial charge on any atom is -0.392 e. The minimum atomic E-state index is -3.58. The normalized spacial score (nSPS) is 16.9. The van der Waals surface area contributed by atoms with Crippen LogP contribution in [-0.2, 0) is 10.0 Å². The van der Waals surface area contributed by atoms with Crippen molar-refractivity contribution in [3.05, 3.63) is 24.5 Å². The van der Waals surface area contributed by atoms with Gasteiger partial charge in [0, 0.05) is 18.4 Å². The zero-order valence-electron chi connectivity index (χ0n) is 10.5. The summed E-state index contributed by atoms with van der Waals surface area (Å²) in [4.78, 5) is 4.26. The second-order valence-electron chi connectivity index (χ2n) is 4.64. The number of sulfonamides is 1. The van der Waals surface area contributed by atoms with E-state index in [2.05, 4.69) is 4.98 Å². The van der Waals surface area contributed by atoms with Gasteiger partial charge in [-0.05, 0) is 25.0 Å². The van der Waals surface area contributed by atoms with Gasteiger partial charge in [0.25, 0.3) is 0 Å². The molecule has 0 radical (unpaired) electrons. The van der Waals surface area contributed by atoms with Gasteiger partial charge >= 0.3 is 0 Å². The van der Waals surface area contributed by atoms with Crippen LogP contribution in [0.25, 0.3) is 0 Å². The van der Waals surface area contributed by atoms with Crippen molar-refractivity contribution in [3.63, 3.8) is 0 Å². The molecule has 0 aromatic carbocycles. The fourth-order valence-corrected chi connectivity index (χ4v) is 4.24. The molecular formula is C12H17N3O2S2. The molecule has 0 unspecified atom stereocenters. The molecule has 0 spiro atoms. The summed E-state index contributed by atoms with van der Waals surface area (Å²) >= 11 is 4.88. The lowest BCUT2D eigenvalue weighted by atomic mass is 10.2. The number of hydrogen-bond donors (Lipinski definition) is 1. The number of hydrogen-bond acceptors (Lipinski definition) is 4. The summed E-state index contributed by atoms with van der Waals surface area (Å²) in [7, 11) is -3.58. The van der Waals surface area contributed by atoms with Gasteiger partial charge in [-0.2, -0.15) is 4.31 Å². The molecule has 2 N–H and O–H groups in total. The molecular weight excluding hydrogens is 282 g/mol. The Bertz CT molecular complexity index is 539. The SMILES string of the molecule is NC(=S)CN(C1CCCC1)S(=O)(=O)c1cccnc1.